The van der Waals surface area contributed by atoms with E-state index in [9.17, 15) is 9.59 Å². The molecule has 0 aliphatic rings. The van der Waals surface area contributed by atoms with Crippen LogP contribution in [0.15, 0.2) is 53.7 Å². The van der Waals surface area contributed by atoms with Crippen LogP contribution in [0.25, 0.3) is 22.1 Å². The number of para-hydroxylation sites is 1. The zero-order chi connectivity index (χ0) is 18.8. The number of carboxylic acid groups (broad SMARTS) is 1. The van der Waals surface area contributed by atoms with E-state index in [2.05, 4.69) is 25.5 Å². The highest BCUT2D eigenvalue weighted by atomic mass is 32.2. The quantitative estimate of drug-likeness (QED) is 0.456. The van der Waals surface area contributed by atoms with Gasteiger partial charge in [-0.1, -0.05) is 36.0 Å². The SMILES string of the molecule is O=C(CSc1nnc2c(n1)[nH]c1ccccc12)Nc1cccc(C(=O)O)c1. The molecule has 0 radical (unpaired) electrons. The zero-order valence-electron chi connectivity index (χ0n) is 13.8. The van der Waals surface area contributed by atoms with E-state index in [1.54, 1.807) is 12.1 Å². The number of aromatic nitrogens is 4. The summed E-state index contributed by atoms with van der Waals surface area (Å²) in [7, 11) is 0. The van der Waals surface area contributed by atoms with Gasteiger partial charge in [0.1, 0.15) is 5.52 Å². The maximum absolute atomic E-state index is 12.1. The lowest BCUT2D eigenvalue weighted by atomic mass is 10.2. The first-order chi connectivity index (χ1) is 13.1. The average molecular weight is 379 g/mol. The third kappa shape index (κ3) is 3.58. The fourth-order valence-corrected chi connectivity index (χ4v) is 3.21. The summed E-state index contributed by atoms with van der Waals surface area (Å²) in [5.74, 6) is -1.26. The summed E-state index contributed by atoms with van der Waals surface area (Å²) in [6, 6.07) is 13.8. The summed E-state index contributed by atoms with van der Waals surface area (Å²) < 4.78 is 0. The van der Waals surface area contributed by atoms with Gasteiger partial charge >= 0.3 is 5.97 Å². The number of aromatic amines is 1. The minimum Gasteiger partial charge on any atom is -0.478 e. The molecule has 3 N–H and O–H groups in total. The molecule has 0 spiro atoms. The highest BCUT2D eigenvalue weighted by Crippen LogP contribution is 2.23. The Bertz CT molecular complexity index is 1170. The van der Waals surface area contributed by atoms with Crippen molar-refractivity contribution in [3.8, 4) is 0 Å². The van der Waals surface area contributed by atoms with Gasteiger partial charge in [-0.2, -0.15) is 0 Å². The Balaban J connectivity index is 1.45. The number of carbonyl (C=O) groups is 2. The third-order valence-electron chi connectivity index (χ3n) is 3.83. The Kier molecular flexibility index (Phi) is 4.43. The molecule has 4 rings (SSSR count). The summed E-state index contributed by atoms with van der Waals surface area (Å²) in [6.45, 7) is 0. The van der Waals surface area contributed by atoms with Gasteiger partial charge in [0.2, 0.25) is 11.1 Å². The van der Waals surface area contributed by atoms with Gasteiger partial charge in [-0.25, -0.2) is 9.78 Å². The van der Waals surface area contributed by atoms with Crippen molar-refractivity contribution >= 4 is 51.4 Å². The number of H-pyrrole nitrogens is 1. The number of nitrogens with zero attached hydrogens (tertiary/aromatic N) is 3. The zero-order valence-corrected chi connectivity index (χ0v) is 14.7. The Morgan fingerprint density at radius 1 is 1.11 bits per heavy atom. The van der Waals surface area contributed by atoms with Crippen molar-refractivity contribution < 1.29 is 14.7 Å². The van der Waals surface area contributed by atoms with Gasteiger partial charge in [0.25, 0.3) is 0 Å². The van der Waals surface area contributed by atoms with Crippen LogP contribution in [0.3, 0.4) is 0 Å². The van der Waals surface area contributed by atoms with Gasteiger partial charge < -0.3 is 15.4 Å². The molecule has 0 saturated carbocycles. The summed E-state index contributed by atoms with van der Waals surface area (Å²) in [6.07, 6.45) is 0. The molecule has 8 nitrogen and oxygen atoms in total. The van der Waals surface area contributed by atoms with E-state index >= 15 is 0 Å². The maximum atomic E-state index is 12.1. The molecule has 9 heteroatoms. The Morgan fingerprint density at radius 2 is 1.96 bits per heavy atom. The average Bonchev–Trinajstić information content (AvgIpc) is 3.04. The Labute approximate surface area is 157 Å². The smallest absolute Gasteiger partial charge is 0.335 e. The van der Waals surface area contributed by atoms with Gasteiger partial charge in [0.15, 0.2) is 5.65 Å². The van der Waals surface area contributed by atoms with E-state index in [1.807, 2.05) is 24.3 Å². The number of hydrogen-bond acceptors (Lipinski definition) is 6. The van der Waals surface area contributed by atoms with E-state index in [0.29, 0.717) is 22.0 Å². The number of rotatable bonds is 5. The van der Waals surface area contributed by atoms with Crippen LogP contribution < -0.4 is 5.32 Å². The number of fused-ring (bicyclic) bond motifs is 3. The van der Waals surface area contributed by atoms with E-state index in [1.165, 1.54) is 12.1 Å². The number of anilines is 1. The predicted octanol–water partition coefficient (Wildman–Crippen LogP) is 2.94. The second-order valence-corrected chi connectivity index (χ2v) is 6.63. The first-order valence-corrected chi connectivity index (χ1v) is 8.96. The number of benzene rings is 2. The summed E-state index contributed by atoms with van der Waals surface area (Å²) in [4.78, 5) is 30.7. The number of amides is 1. The molecule has 0 aliphatic heterocycles. The van der Waals surface area contributed by atoms with Gasteiger partial charge in [0, 0.05) is 16.6 Å². The lowest BCUT2D eigenvalue weighted by Crippen LogP contribution is -2.14. The number of aromatic carboxylic acids is 1. The van der Waals surface area contributed by atoms with Crippen LogP contribution in [-0.2, 0) is 4.79 Å². The molecule has 4 aromatic rings. The molecular formula is C18H13N5O3S. The molecule has 0 fully saturated rings. The van der Waals surface area contributed by atoms with Crippen molar-refractivity contribution in [2.75, 3.05) is 11.1 Å². The van der Waals surface area contributed by atoms with E-state index in [-0.39, 0.29) is 17.2 Å². The van der Waals surface area contributed by atoms with Gasteiger partial charge in [-0.05, 0) is 24.3 Å². The van der Waals surface area contributed by atoms with Crippen LogP contribution in [0, 0.1) is 0 Å². The van der Waals surface area contributed by atoms with Crippen LogP contribution in [0.2, 0.25) is 0 Å². The fraction of sp³-hybridized carbons (Fsp3) is 0.0556. The Morgan fingerprint density at radius 3 is 2.81 bits per heavy atom. The van der Waals surface area contributed by atoms with Crippen molar-refractivity contribution in [1.29, 1.82) is 0 Å². The molecule has 0 bridgehead atoms. The fourth-order valence-electron chi connectivity index (χ4n) is 2.62. The first-order valence-electron chi connectivity index (χ1n) is 7.97. The molecule has 0 unspecified atom stereocenters. The van der Waals surface area contributed by atoms with Crippen molar-refractivity contribution in [1.82, 2.24) is 20.2 Å². The molecule has 2 aromatic carbocycles. The maximum Gasteiger partial charge on any atom is 0.335 e. The summed E-state index contributed by atoms with van der Waals surface area (Å²) in [5, 5.41) is 21.2. The lowest BCUT2D eigenvalue weighted by Gasteiger charge is -2.05. The molecule has 2 heterocycles. The Hall–Kier alpha value is -3.46. The molecule has 2 aromatic heterocycles. The normalized spacial score (nSPS) is 11.0. The summed E-state index contributed by atoms with van der Waals surface area (Å²) in [5.41, 5.74) is 2.75. The number of hydrogen-bond donors (Lipinski definition) is 3. The van der Waals surface area contributed by atoms with Crippen LogP contribution in [0.4, 0.5) is 5.69 Å². The third-order valence-corrected chi connectivity index (χ3v) is 4.67. The highest BCUT2D eigenvalue weighted by Gasteiger charge is 2.11. The predicted molar refractivity (Wildman–Crippen MR) is 102 cm³/mol. The second-order valence-electron chi connectivity index (χ2n) is 5.68. The number of nitrogens with one attached hydrogen (secondary N) is 2. The molecule has 0 aliphatic carbocycles. The van der Waals surface area contributed by atoms with E-state index in [0.717, 1.165) is 22.7 Å². The van der Waals surface area contributed by atoms with Gasteiger partial charge in [0.05, 0.1) is 11.3 Å². The molecule has 134 valence electrons. The largest absolute Gasteiger partial charge is 0.478 e. The summed E-state index contributed by atoms with van der Waals surface area (Å²) >= 11 is 1.15. The molecular weight excluding hydrogens is 366 g/mol. The van der Waals surface area contributed by atoms with Crippen molar-refractivity contribution in [3.05, 3.63) is 54.1 Å². The van der Waals surface area contributed by atoms with Crippen LogP contribution >= 0.6 is 11.8 Å². The lowest BCUT2D eigenvalue weighted by molar-refractivity contribution is -0.113. The molecule has 1 amide bonds. The number of thioether (sulfide) groups is 1. The topological polar surface area (TPSA) is 121 Å². The first kappa shape index (κ1) is 17.0. The molecule has 0 atom stereocenters. The monoisotopic (exact) mass is 379 g/mol. The standard InChI is InChI=1S/C18H13N5O3S/c24-14(19-11-5-3-4-10(8-11)17(25)26)9-27-18-21-16-15(22-23-18)12-6-1-2-7-13(12)20-16/h1-8H,9H2,(H,19,24)(H,25,26)(H,20,21,23). The highest BCUT2D eigenvalue weighted by molar-refractivity contribution is 7.99. The number of carbonyl (C=O) groups excluding carboxylic acids is 1. The van der Waals surface area contributed by atoms with Crippen LogP contribution in [0.1, 0.15) is 10.4 Å². The number of carboxylic acids is 1. The molecule has 27 heavy (non-hydrogen) atoms. The minimum atomic E-state index is -1.05. The minimum absolute atomic E-state index is 0.0741. The van der Waals surface area contributed by atoms with Crippen LogP contribution in [-0.4, -0.2) is 42.9 Å². The molecule has 0 saturated heterocycles. The van der Waals surface area contributed by atoms with Crippen molar-refractivity contribution in [2.24, 2.45) is 0 Å². The van der Waals surface area contributed by atoms with E-state index < -0.39 is 5.97 Å². The van der Waals surface area contributed by atoms with Gasteiger partial charge in [-0.3, -0.25) is 4.79 Å². The van der Waals surface area contributed by atoms with Crippen LogP contribution in [0.5, 0.6) is 0 Å². The second kappa shape index (κ2) is 7.04. The van der Waals surface area contributed by atoms with Crippen molar-refractivity contribution in [2.45, 2.75) is 5.16 Å². The van der Waals surface area contributed by atoms with Gasteiger partial charge in [-0.15, -0.1) is 10.2 Å². The van der Waals surface area contributed by atoms with Crippen molar-refractivity contribution in [3.63, 3.8) is 0 Å². The van der Waals surface area contributed by atoms with E-state index in [4.69, 9.17) is 5.11 Å².